The summed E-state index contributed by atoms with van der Waals surface area (Å²) in [6.07, 6.45) is 1.22. The molecular formula is C28H24Cl2N10Na2O6S2. The second-order valence-corrected chi connectivity index (χ2v) is 13.2. The second-order valence-electron chi connectivity index (χ2n) is 9.83. The van der Waals surface area contributed by atoms with Gasteiger partial charge in [-0.05, 0) is 59.3 Å². The maximum absolute atomic E-state index is 12.2. The predicted octanol–water partition coefficient (Wildman–Crippen LogP) is -2.02. The summed E-state index contributed by atoms with van der Waals surface area (Å²) >= 11 is 12.1. The van der Waals surface area contributed by atoms with Gasteiger partial charge in [0.2, 0.25) is 34.4 Å². The van der Waals surface area contributed by atoms with Crippen LogP contribution in [0.15, 0.2) is 82.6 Å². The third-order valence-electron chi connectivity index (χ3n) is 6.41. The number of aromatic nitrogens is 6. The van der Waals surface area contributed by atoms with Crippen molar-refractivity contribution in [1.82, 2.24) is 29.9 Å². The molecular weight excluding hydrogens is 753 g/mol. The van der Waals surface area contributed by atoms with Crippen molar-refractivity contribution in [1.29, 1.82) is 0 Å². The summed E-state index contributed by atoms with van der Waals surface area (Å²) < 4.78 is 73.4. The number of rotatable bonds is 14. The monoisotopic (exact) mass is 776 g/mol. The van der Waals surface area contributed by atoms with Gasteiger partial charge < -0.3 is 30.4 Å². The van der Waals surface area contributed by atoms with Gasteiger partial charge in [-0.3, -0.25) is 0 Å². The summed E-state index contributed by atoms with van der Waals surface area (Å²) in [7, 11) is -10.7. The molecule has 2 heterocycles. The molecule has 22 heteroatoms. The van der Waals surface area contributed by atoms with E-state index in [2.05, 4.69) is 51.2 Å². The Labute approximate surface area is 341 Å². The Hall–Kier alpha value is -2.72. The third-order valence-corrected chi connectivity index (χ3v) is 8.50. The van der Waals surface area contributed by atoms with Gasteiger partial charge in [0.15, 0.2) is 0 Å². The number of halogens is 2. The van der Waals surface area contributed by atoms with Gasteiger partial charge in [0, 0.05) is 13.1 Å². The maximum Gasteiger partial charge on any atom is 1.00 e. The van der Waals surface area contributed by atoms with Crippen molar-refractivity contribution in [3.8, 4) is 0 Å². The van der Waals surface area contributed by atoms with E-state index in [0.717, 1.165) is 17.2 Å². The Bertz CT molecular complexity index is 2000. The molecule has 5 rings (SSSR count). The van der Waals surface area contributed by atoms with E-state index in [-0.39, 0.29) is 93.5 Å². The molecule has 3 aromatic carbocycles. The molecule has 0 unspecified atom stereocenters. The van der Waals surface area contributed by atoms with Crippen LogP contribution in [0.5, 0.6) is 0 Å². The van der Waals surface area contributed by atoms with Crippen LogP contribution in [0.3, 0.4) is 0 Å². The number of nitrogens with one attached hydrogen (secondary N) is 4. The van der Waals surface area contributed by atoms with Crippen LogP contribution >= 0.6 is 23.2 Å². The van der Waals surface area contributed by atoms with Crippen LogP contribution in [-0.2, 0) is 33.1 Å². The minimum absolute atomic E-state index is 0. The zero-order valence-electron chi connectivity index (χ0n) is 26.5. The molecule has 0 saturated carbocycles. The third kappa shape index (κ3) is 12.2. The second kappa shape index (κ2) is 18.7. The zero-order chi connectivity index (χ0) is 34.3. The molecule has 4 N–H and O–H groups in total. The van der Waals surface area contributed by atoms with Gasteiger partial charge >= 0.3 is 59.1 Å². The van der Waals surface area contributed by atoms with Gasteiger partial charge in [-0.1, -0.05) is 60.7 Å². The first kappa shape index (κ1) is 41.7. The topological polar surface area (TPSA) is 240 Å². The van der Waals surface area contributed by atoms with Crippen LogP contribution in [0.2, 0.25) is 10.6 Å². The van der Waals surface area contributed by atoms with Crippen LogP contribution in [0, 0.1) is 0 Å². The van der Waals surface area contributed by atoms with Crippen molar-refractivity contribution < 1.29 is 85.1 Å². The smallest absolute Gasteiger partial charge is 0.744 e. The number of nitrogens with zero attached hydrogens (tertiary/aromatic N) is 6. The fourth-order valence-electron chi connectivity index (χ4n) is 4.31. The average molecular weight is 778 g/mol. The van der Waals surface area contributed by atoms with Crippen molar-refractivity contribution in [3.05, 3.63) is 94.5 Å². The molecule has 0 atom stereocenters. The van der Waals surface area contributed by atoms with E-state index in [1.54, 1.807) is 0 Å². The largest absolute Gasteiger partial charge is 1.00 e. The molecule has 0 aliphatic carbocycles. The molecule has 50 heavy (non-hydrogen) atoms. The molecule has 0 aliphatic rings. The Morgan fingerprint density at radius 3 is 1.26 bits per heavy atom. The van der Waals surface area contributed by atoms with Crippen molar-refractivity contribution in [3.63, 3.8) is 0 Å². The van der Waals surface area contributed by atoms with Gasteiger partial charge in [0.05, 0.1) is 21.2 Å². The predicted molar refractivity (Wildman–Crippen MR) is 176 cm³/mol. The summed E-state index contributed by atoms with van der Waals surface area (Å²) in [5.41, 5.74) is 1.08. The van der Waals surface area contributed by atoms with Crippen molar-refractivity contribution in [2.45, 2.75) is 22.6 Å². The Kier molecular flexibility index (Phi) is 15.6. The van der Waals surface area contributed by atoms with Crippen molar-refractivity contribution >= 4 is 78.6 Å². The van der Waals surface area contributed by atoms with Crippen LogP contribution in [-0.4, -0.2) is 68.9 Å². The SMILES string of the molecule is O=S(=O)([O-])c1cc(S(=O)(=O)[O-])c(Nc2nc(Cl)nc(NCCc3ccccc3)n2)cc1Nc1nc(Cl)nc(NCCc2ccccc2)n1.[Na+].[Na+]. The van der Waals surface area contributed by atoms with Crippen LogP contribution < -0.4 is 80.4 Å². The summed E-state index contributed by atoms with van der Waals surface area (Å²) in [5, 5.41) is 10.5. The summed E-state index contributed by atoms with van der Waals surface area (Å²) in [6, 6.07) is 20.4. The molecule has 0 amide bonds. The molecule has 0 saturated heterocycles. The van der Waals surface area contributed by atoms with E-state index in [1.807, 2.05) is 60.7 Å². The molecule has 0 aliphatic heterocycles. The normalized spacial score (nSPS) is 11.1. The van der Waals surface area contributed by atoms with Gasteiger partial charge in [0.25, 0.3) is 0 Å². The van der Waals surface area contributed by atoms with E-state index >= 15 is 0 Å². The van der Waals surface area contributed by atoms with Crippen molar-refractivity contribution in [2.24, 2.45) is 0 Å². The molecule has 0 radical (unpaired) electrons. The fraction of sp³-hybridized carbons (Fsp3) is 0.143. The van der Waals surface area contributed by atoms with E-state index in [1.165, 1.54) is 0 Å². The van der Waals surface area contributed by atoms with E-state index in [4.69, 9.17) is 23.2 Å². The van der Waals surface area contributed by atoms with Crippen LogP contribution in [0.25, 0.3) is 0 Å². The summed E-state index contributed by atoms with van der Waals surface area (Å²) in [4.78, 5) is 21.9. The van der Waals surface area contributed by atoms with Gasteiger partial charge in [0.1, 0.15) is 20.2 Å². The molecule has 16 nitrogen and oxygen atoms in total. The maximum atomic E-state index is 12.2. The first-order chi connectivity index (χ1) is 22.8. The van der Waals surface area contributed by atoms with E-state index in [0.29, 0.717) is 32.0 Å². The Morgan fingerprint density at radius 2 is 0.900 bits per heavy atom. The fourth-order valence-corrected chi connectivity index (χ4v) is 5.99. The van der Waals surface area contributed by atoms with Gasteiger partial charge in [-0.2, -0.15) is 29.9 Å². The molecule has 0 bridgehead atoms. The number of hydrogen-bond acceptors (Lipinski definition) is 16. The Balaban J connectivity index is 0.00000338. The minimum atomic E-state index is -5.37. The number of hydrogen-bond donors (Lipinski definition) is 4. The number of benzene rings is 3. The molecule has 5 aromatic rings. The first-order valence-corrected chi connectivity index (χ1v) is 17.4. The molecule has 2 aromatic heterocycles. The summed E-state index contributed by atoms with van der Waals surface area (Å²) in [5.74, 6) is -0.578. The van der Waals surface area contributed by atoms with Crippen LogP contribution in [0.4, 0.5) is 35.2 Å². The van der Waals surface area contributed by atoms with Crippen molar-refractivity contribution in [2.75, 3.05) is 34.4 Å². The molecule has 250 valence electrons. The quantitative estimate of drug-likeness (QED) is 0.0703. The number of anilines is 6. The minimum Gasteiger partial charge on any atom is -0.744 e. The van der Waals surface area contributed by atoms with E-state index < -0.39 is 41.4 Å². The summed E-state index contributed by atoms with van der Waals surface area (Å²) in [6.45, 7) is 0.789. The average Bonchev–Trinajstić information content (AvgIpc) is 3.00. The molecule has 0 fully saturated rings. The standard InChI is InChI=1S/C28H26Cl2N10O6S2.2Na/c29-23-35-25(31-13-11-17-7-3-1-4-8-17)39-27(37-23)33-19-15-20(22(48(44,45)46)16-21(19)47(41,42)43)34-28-38-24(30)36-26(40-28)32-14-12-18-9-5-2-6-10-18;;/h1-10,15-16H,11-14H2,(H,41,42,43)(H,44,45,46)(H2,31,33,35,37,39)(H2,32,34,36,38,40);;/q;2*+1/p-2. The van der Waals surface area contributed by atoms with Gasteiger partial charge in [-0.25, -0.2) is 16.8 Å². The Morgan fingerprint density at radius 1 is 0.540 bits per heavy atom. The first-order valence-electron chi connectivity index (χ1n) is 13.9. The van der Waals surface area contributed by atoms with Gasteiger partial charge in [-0.15, -0.1) is 0 Å². The molecule has 0 spiro atoms. The van der Waals surface area contributed by atoms with E-state index in [9.17, 15) is 25.9 Å². The zero-order valence-corrected chi connectivity index (χ0v) is 33.6. The van der Waals surface area contributed by atoms with Crippen LogP contribution in [0.1, 0.15) is 11.1 Å².